The SMILES string of the molecule is CNc1nc(-c2sc(-c3ccc(C)cc3)nc2C)cs1. The minimum absolute atomic E-state index is 0.935. The third-order valence-corrected chi connectivity index (χ3v) is 5.13. The zero-order chi connectivity index (χ0) is 14.1. The fraction of sp³-hybridized carbons (Fsp3) is 0.200. The summed E-state index contributed by atoms with van der Waals surface area (Å²) < 4.78 is 0. The van der Waals surface area contributed by atoms with Crippen LogP contribution in [0.2, 0.25) is 0 Å². The van der Waals surface area contributed by atoms with Gasteiger partial charge >= 0.3 is 0 Å². The van der Waals surface area contributed by atoms with E-state index in [1.165, 1.54) is 11.1 Å². The highest BCUT2D eigenvalue weighted by atomic mass is 32.1. The number of hydrogen-bond acceptors (Lipinski definition) is 5. The predicted molar refractivity (Wildman–Crippen MR) is 87.7 cm³/mol. The maximum Gasteiger partial charge on any atom is 0.182 e. The van der Waals surface area contributed by atoms with E-state index in [1.807, 2.05) is 14.0 Å². The molecular weight excluding hydrogens is 286 g/mol. The van der Waals surface area contributed by atoms with E-state index in [2.05, 4.69) is 51.9 Å². The summed E-state index contributed by atoms with van der Waals surface area (Å²) in [7, 11) is 1.89. The Bertz CT molecular complexity index is 726. The molecule has 2 heterocycles. The van der Waals surface area contributed by atoms with E-state index in [0.29, 0.717) is 0 Å². The molecule has 0 aliphatic carbocycles. The molecule has 3 nitrogen and oxygen atoms in total. The molecule has 0 saturated heterocycles. The van der Waals surface area contributed by atoms with Crippen molar-refractivity contribution in [2.24, 2.45) is 0 Å². The first-order chi connectivity index (χ1) is 9.67. The molecule has 0 radical (unpaired) electrons. The van der Waals surface area contributed by atoms with Crippen molar-refractivity contribution >= 4 is 27.8 Å². The van der Waals surface area contributed by atoms with Crippen LogP contribution >= 0.6 is 22.7 Å². The zero-order valence-electron chi connectivity index (χ0n) is 11.6. The lowest BCUT2D eigenvalue weighted by atomic mass is 10.2. The predicted octanol–water partition coefficient (Wildman–Crippen LogP) is 4.59. The number of aryl methyl sites for hydroxylation is 2. The molecule has 3 aromatic rings. The Labute approximate surface area is 126 Å². The maximum absolute atomic E-state index is 4.68. The molecule has 0 bridgehead atoms. The molecule has 1 aromatic carbocycles. The summed E-state index contributed by atoms with van der Waals surface area (Å²) in [5.74, 6) is 0. The summed E-state index contributed by atoms with van der Waals surface area (Å²) in [6.45, 7) is 4.14. The Kier molecular flexibility index (Phi) is 3.54. The molecule has 1 N–H and O–H groups in total. The van der Waals surface area contributed by atoms with Crippen LogP contribution in [0.1, 0.15) is 11.3 Å². The molecule has 0 amide bonds. The van der Waals surface area contributed by atoms with Gasteiger partial charge in [-0.1, -0.05) is 29.8 Å². The van der Waals surface area contributed by atoms with E-state index >= 15 is 0 Å². The Balaban J connectivity index is 2.00. The molecule has 0 spiro atoms. The molecule has 2 aromatic heterocycles. The minimum Gasteiger partial charge on any atom is -0.365 e. The molecule has 0 aliphatic rings. The van der Waals surface area contributed by atoms with Crippen molar-refractivity contribution in [1.82, 2.24) is 9.97 Å². The van der Waals surface area contributed by atoms with Gasteiger partial charge in [0.05, 0.1) is 16.3 Å². The lowest BCUT2D eigenvalue weighted by Gasteiger charge is -1.96. The quantitative estimate of drug-likeness (QED) is 0.768. The molecule has 20 heavy (non-hydrogen) atoms. The third kappa shape index (κ3) is 2.46. The molecule has 0 fully saturated rings. The first-order valence-electron chi connectivity index (χ1n) is 6.35. The first-order valence-corrected chi connectivity index (χ1v) is 8.05. The van der Waals surface area contributed by atoms with Gasteiger partial charge in [-0.25, -0.2) is 9.97 Å². The number of thiazole rings is 2. The normalized spacial score (nSPS) is 10.8. The summed E-state index contributed by atoms with van der Waals surface area (Å²) >= 11 is 3.32. The van der Waals surface area contributed by atoms with E-state index in [9.17, 15) is 0 Å². The van der Waals surface area contributed by atoms with Crippen molar-refractivity contribution in [3.63, 3.8) is 0 Å². The van der Waals surface area contributed by atoms with Crippen molar-refractivity contribution in [2.45, 2.75) is 13.8 Å². The van der Waals surface area contributed by atoms with Crippen LogP contribution in [0.25, 0.3) is 21.1 Å². The molecule has 0 unspecified atom stereocenters. The van der Waals surface area contributed by atoms with Crippen LogP contribution in [-0.2, 0) is 0 Å². The second kappa shape index (κ2) is 5.34. The molecule has 0 aliphatic heterocycles. The first kappa shape index (κ1) is 13.3. The van der Waals surface area contributed by atoms with Crippen molar-refractivity contribution in [3.05, 3.63) is 40.9 Å². The number of aromatic nitrogens is 2. The van der Waals surface area contributed by atoms with E-state index < -0.39 is 0 Å². The van der Waals surface area contributed by atoms with Crippen LogP contribution in [0, 0.1) is 13.8 Å². The van der Waals surface area contributed by atoms with Gasteiger partial charge in [0.1, 0.15) is 5.01 Å². The van der Waals surface area contributed by atoms with Crippen molar-refractivity contribution in [1.29, 1.82) is 0 Å². The maximum atomic E-state index is 4.68. The monoisotopic (exact) mass is 301 g/mol. The van der Waals surface area contributed by atoms with Gasteiger partial charge < -0.3 is 5.32 Å². The highest BCUT2D eigenvalue weighted by molar-refractivity contribution is 7.19. The average Bonchev–Trinajstić information content (AvgIpc) is 3.05. The highest BCUT2D eigenvalue weighted by Gasteiger charge is 2.13. The van der Waals surface area contributed by atoms with Gasteiger partial charge in [-0.15, -0.1) is 22.7 Å². The second-order valence-corrected chi connectivity index (χ2v) is 6.44. The highest BCUT2D eigenvalue weighted by Crippen LogP contribution is 2.36. The third-order valence-electron chi connectivity index (χ3n) is 3.05. The summed E-state index contributed by atoms with van der Waals surface area (Å²) in [6, 6.07) is 8.48. The van der Waals surface area contributed by atoms with Gasteiger partial charge in [-0.05, 0) is 13.8 Å². The second-order valence-electron chi connectivity index (χ2n) is 4.59. The summed E-state index contributed by atoms with van der Waals surface area (Å²) in [5.41, 5.74) is 4.48. The van der Waals surface area contributed by atoms with Crippen LogP contribution in [0.15, 0.2) is 29.6 Å². The largest absolute Gasteiger partial charge is 0.365 e. The van der Waals surface area contributed by atoms with Gasteiger partial charge in [0, 0.05) is 18.0 Å². The lowest BCUT2D eigenvalue weighted by molar-refractivity contribution is 1.26. The van der Waals surface area contributed by atoms with Gasteiger partial charge in [0.15, 0.2) is 5.13 Å². The molecule has 0 atom stereocenters. The molecule has 3 rings (SSSR count). The van der Waals surface area contributed by atoms with Crippen LogP contribution in [0.5, 0.6) is 0 Å². The fourth-order valence-electron chi connectivity index (χ4n) is 1.95. The summed E-state index contributed by atoms with van der Waals surface area (Å²) in [5, 5.41) is 7.13. The van der Waals surface area contributed by atoms with Crippen molar-refractivity contribution < 1.29 is 0 Å². The van der Waals surface area contributed by atoms with E-state index in [-0.39, 0.29) is 0 Å². The van der Waals surface area contributed by atoms with Crippen LogP contribution in [0.3, 0.4) is 0 Å². The minimum atomic E-state index is 0.935. The fourth-order valence-corrected chi connectivity index (χ4v) is 3.72. The Morgan fingerprint density at radius 1 is 1.05 bits per heavy atom. The number of rotatable bonds is 3. The number of nitrogens with zero attached hydrogens (tertiary/aromatic N) is 2. The van der Waals surface area contributed by atoms with Gasteiger partial charge in [-0.3, -0.25) is 0 Å². The van der Waals surface area contributed by atoms with Gasteiger partial charge in [0.25, 0.3) is 0 Å². The van der Waals surface area contributed by atoms with Gasteiger partial charge in [-0.2, -0.15) is 0 Å². The smallest absolute Gasteiger partial charge is 0.182 e. The van der Waals surface area contributed by atoms with Crippen molar-refractivity contribution in [2.75, 3.05) is 12.4 Å². The van der Waals surface area contributed by atoms with E-state index in [1.54, 1.807) is 22.7 Å². The van der Waals surface area contributed by atoms with Gasteiger partial charge in [0.2, 0.25) is 0 Å². The number of nitrogens with one attached hydrogen (secondary N) is 1. The Hall–Kier alpha value is -1.72. The van der Waals surface area contributed by atoms with Crippen molar-refractivity contribution in [3.8, 4) is 21.1 Å². The van der Waals surface area contributed by atoms with E-state index in [4.69, 9.17) is 0 Å². The Morgan fingerprint density at radius 2 is 1.80 bits per heavy atom. The van der Waals surface area contributed by atoms with Crippen LogP contribution in [-0.4, -0.2) is 17.0 Å². The number of benzene rings is 1. The number of anilines is 1. The number of hydrogen-bond donors (Lipinski definition) is 1. The Morgan fingerprint density at radius 3 is 2.45 bits per heavy atom. The summed E-state index contributed by atoms with van der Waals surface area (Å²) in [4.78, 5) is 10.4. The molecule has 102 valence electrons. The summed E-state index contributed by atoms with van der Waals surface area (Å²) in [6.07, 6.45) is 0. The standard InChI is InChI=1S/C15H15N3S2/c1-9-4-6-11(7-5-9)14-17-10(2)13(20-14)12-8-19-15(16-3)18-12/h4-8H,1-3H3,(H,16,18). The molecular formula is C15H15N3S2. The van der Waals surface area contributed by atoms with E-state index in [0.717, 1.165) is 26.4 Å². The zero-order valence-corrected chi connectivity index (χ0v) is 13.2. The molecule has 5 heteroatoms. The van der Waals surface area contributed by atoms with Crippen LogP contribution < -0.4 is 5.32 Å². The lowest BCUT2D eigenvalue weighted by Crippen LogP contribution is -1.85. The molecule has 0 saturated carbocycles. The average molecular weight is 301 g/mol. The topological polar surface area (TPSA) is 37.8 Å². The van der Waals surface area contributed by atoms with Crippen LogP contribution in [0.4, 0.5) is 5.13 Å².